The smallest absolute Gasteiger partial charge is 0.229 e. The summed E-state index contributed by atoms with van der Waals surface area (Å²) in [7, 11) is 1.69. The van der Waals surface area contributed by atoms with E-state index in [1.54, 1.807) is 7.05 Å². The van der Waals surface area contributed by atoms with Crippen LogP contribution in [0.5, 0.6) is 0 Å². The third-order valence-electron chi connectivity index (χ3n) is 1.64. The average molecular weight is 242 g/mol. The zero-order valence-electron chi connectivity index (χ0n) is 8.31. The van der Waals surface area contributed by atoms with E-state index in [0.29, 0.717) is 24.3 Å². The molecule has 0 spiro atoms. The first-order valence-electron chi connectivity index (χ1n) is 4.36. The number of nitrogens with zero attached hydrogens (tertiary/aromatic N) is 5. The number of aromatic nitrogens is 5. The Labute approximate surface area is 95.5 Å². The van der Waals surface area contributed by atoms with Crippen LogP contribution in [0.25, 0.3) is 0 Å². The van der Waals surface area contributed by atoms with Crippen LogP contribution in [0.1, 0.15) is 5.82 Å². The first-order chi connectivity index (χ1) is 7.78. The first kappa shape index (κ1) is 10.6. The molecule has 8 nitrogen and oxygen atoms in total. The van der Waals surface area contributed by atoms with Gasteiger partial charge in [-0.15, -0.1) is 0 Å². The van der Waals surface area contributed by atoms with Gasteiger partial charge in [-0.3, -0.25) is 0 Å². The Kier molecular flexibility index (Phi) is 3.10. The number of rotatable bonds is 4. The quantitative estimate of drug-likeness (QED) is 0.801. The van der Waals surface area contributed by atoms with Crippen molar-refractivity contribution in [1.82, 2.24) is 25.1 Å². The molecular formula is C7H8ClN7O. The molecule has 2 aromatic rings. The van der Waals surface area contributed by atoms with Crippen molar-refractivity contribution >= 4 is 23.5 Å². The summed E-state index contributed by atoms with van der Waals surface area (Å²) in [4.78, 5) is 15.6. The van der Waals surface area contributed by atoms with Crippen molar-refractivity contribution in [1.29, 1.82) is 0 Å². The topological polar surface area (TPSA) is 102 Å². The molecule has 84 valence electrons. The molecule has 2 rings (SSSR count). The SMILES string of the molecule is CNc1nc(Cl)nc(NCc2ncon2)n1. The Balaban J connectivity index is 2.06. The van der Waals surface area contributed by atoms with Crippen molar-refractivity contribution in [2.45, 2.75) is 6.54 Å². The van der Waals surface area contributed by atoms with E-state index in [0.717, 1.165) is 0 Å². The lowest BCUT2D eigenvalue weighted by molar-refractivity contribution is 0.411. The molecule has 2 aromatic heterocycles. The largest absolute Gasteiger partial charge is 0.357 e. The van der Waals surface area contributed by atoms with Crippen LogP contribution in [-0.4, -0.2) is 32.1 Å². The first-order valence-corrected chi connectivity index (χ1v) is 4.74. The predicted molar refractivity (Wildman–Crippen MR) is 56.0 cm³/mol. The van der Waals surface area contributed by atoms with Crippen LogP contribution in [0.15, 0.2) is 10.9 Å². The lowest BCUT2D eigenvalue weighted by atomic mass is 10.6. The molecule has 9 heteroatoms. The fourth-order valence-corrected chi connectivity index (χ4v) is 1.13. The Morgan fingerprint density at radius 2 is 2.12 bits per heavy atom. The van der Waals surface area contributed by atoms with Gasteiger partial charge in [0, 0.05) is 7.05 Å². The highest BCUT2D eigenvalue weighted by atomic mass is 35.5. The maximum Gasteiger partial charge on any atom is 0.229 e. The zero-order valence-corrected chi connectivity index (χ0v) is 9.06. The zero-order chi connectivity index (χ0) is 11.4. The summed E-state index contributed by atoms with van der Waals surface area (Å²) < 4.78 is 4.58. The van der Waals surface area contributed by atoms with Crippen molar-refractivity contribution in [3.05, 3.63) is 17.5 Å². The lowest BCUT2D eigenvalue weighted by Crippen LogP contribution is -2.08. The van der Waals surface area contributed by atoms with E-state index >= 15 is 0 Å². The van der Waals surface area contributed by atoms with Crippen LogP contribution >= 0.6 is 11.6 Å². The third-order valence-corrected chi connectivity index (χ3v) is 1.81. The molecule has 0 aliphatic carbocycles. The van der Waals surface area contributed by atoms with Crippen molar-refractivity contribution < 1.29 is 4.52 Å². The van der Waals surface area contributed by atoms with Gasteiger partial charge in [0.05, 0.1) is 6.54 Å². The van der Waals surface area contributed by atoms with E-state index in [2.05, 4.69) is 40.2 Å². The minimum atomic E-state index is 0.106. The Morgan fingerprint density at radius 3 is 2.81 bits per heavy atom. The van der Waals surface area contributed by atoms with Gasteiger partial charge in [-0.05, 0) is 11.6 Å². The van der Waals surface area contributed by atoms with Gasteiger partial charge in [-0.25, -0.2) is 0 Å². The van der Waals surface area contributed by atoms with E-state index in [4.69, 9.17) is 11.6 Å². The number of nitrogens with one attached hydrogen (secondary N) is 2. The second-order valence-corrected chi connectivity index (χ2v) is 3.04. The Bertz CT molecular complexity index is 460. The van der Waals surface area contributed by atoms with Gasteiger partial charge in [-0.2, -0.15) is 19.9 Å². The number of anilines is 2. The van der Waals surface area contributed by atoms with Crippen LogP contribution in [0.3, 0.4) is 0 Å². The highest BCUT2D eigenvalue weighted by molar-refractivity contribution is 6.28. The summed E-state index contributed by atoms with van der Waals surface area (Å²) >= 11 is 5.70. The van der Waals surface area contributed by atoms with E-state index in [-0.39, 0.29) is 5.28 Å². The summed E-state index contributed by atoms with van der Waals surface area (Å²) in [6.45, 7) is 0.347. The van der Waals surface area contributed by atoms with Crippen molar-refractivity contribution in [2.24, 2.45) is 0 Å². The average Bonchev–Trinajstić information content (AvgIpc) is 2.78. The van der Waals surface area contributed by atoms with Gasteiger partial charge in [-0.1, -0.05) is 5.16 Å². The summed E-state index contributed by atoms with van der Waals surface area (Å²) in [6, 6.07) is 0. The fraction of sp³-hybridized carbons (Fsp3) is 0.286. The maximum atomic E-state index is 5.70. The molecule has 0 amide bonds. The molecule has 0 atom stereocenters. The number of hydrogen-bond donors (Lipinski definition) is 2. The Morgan fingerprint density at radius 1 is 1.31 bits per heavy atom. The summed E-state index contributed by atoms with van der Waals surface area (Å²) in [5, 5.41) is 9.39. The van der Waals surface area contributed by atoms with E-state index < -0.39 is 0 Å². The normalized spacial score (nSPS) is 10.1. The van der Waals surface area contributed by atoms with Gasteiger partial charge in [0.1, 0.15) is 0 Å². The minimum absolute atomic E-state index is 0.106. The predicted octanol–water partition coefficient (Wildman–Crippen LogP) is 0.562. The van der Waals surface area contributed by atoms with Crippen molar-refractivity contribution in [2.75, 3.05) is 17.7 Å². The Hall–Kier alpha value is -1.96. The van der Waals surface area contributed by atoms with Gasteiger partial charge in [0.25, 0.3) is 0 Å². The fourth-order valence-electron chi connectivity index (χ4n) is 0.969. The molecule has 0 bridgehead atoms. The van der Waals surface area contributed by atoms with Crippen molar-refractivity contribution in [3.63, 3.8) is 0 Å². The highest BCUT2D eigenvalue weighted by Gasteiger charge is 2.04. The van der Waals surface area contributed by atoms with Crippen LogP contribution in [-0.2, 0) is 6.54 Å². The molecule has 2 heterocycles. The van der Waals surface area contributed by atoms with E-state index in [1.165, 1.54) is 6.39 Å². The van der Waals surface area contributed by atoms with Crippen molar-refractivity contribution in [3.8, 4) is 0 Å². The monoisotopic (exact) mass is 241 g/mol. The minimum Gasteiger partial charge on any atom is -0.357 e. The molecule has 0 aromatic carbocycles. The molecule has 0 unspecified atom stereocenters. The summed E-state index contributed by atoms with van der Waals surface area (Å²) in [5.41, 5.74) is 0. The van der Waals surface area contributed by atoms with Crippen LogP contribution in [0.2, 0.25) is 5.28 Å². The van der Waals surface area contributed by atoms with Gasteiger partial charge < -0.3 is 15.2 Å². The molecule has 0 saturated heterocycles. The molecule has 0 saturated carbocycles. The molecule has 0 radical (unpaired) electrons. The second-order valence-electron chi connectivity index (χ2n) is 2.70. The second kappa shape index (κ2) is 4.71. The number of halogens is 1. The summed E-state index contributed by atoms with van der Waals surface area (Å²) in [5.74, 6) is 1.23. The van der Waals surface area contributed by atoms with Crippen LogP contribution in [0, 0.1) is 0 Å². The van der Waals surface area contributed by atoms with E-state index in [9.17, 15) is 0 Å². The van der Waals surface area contributed by atoms with E-state index in [1.807, 2.05) is 0 Å². The number of hydrogen-bond acceptors (Lipinski definition) is 8. The molecule has 0 aliphatic heterocycles. The van der Waals surface area contributed by atoms with Gasteiger partial charge >= 0.3 is 0 Å². The molecule has 0 aliphatic rings. The molecule has 16 heavy (non-hydrogen) atoms. The van der Waals surface area contributed by atoms with Gasteiger partial charge in [0.15, 0.2) is 5.82 Å². The molecular weight excluding hydrogens is 234 g/mol. The van der Waals surface area contributed by atoms with Crippen LogP contribution < -0.4 is 10.6 Å². The lowest BCUT2D eigenvalue weighted by Gasteiger charge is -2.03. The summed E-state index contributed by atoms with van der Waals surface area (Å²) in [6.07, 6.45) is 1.25. The molecule has 2 N–H and O–H groups in total. The maximum absolute atomic E-state index is 5.70. The van der Waals surface area contributed by atoms with Crippen LogP contribution in [0.4, 0.5) is 11.9 Å². The highest BCUT2D eigenvalue weighted by Crippen LogP contribution is 2.09. The standard InChI is InChI=1S/C7H8ClN7O/c1-9-6-12-5(8)13-7(14-6)10-2-4-11-3-16-15-4/h3H,2H2,1H3,(H2,9,10,12,13,14). The third kappa shape index (κ3) is 2.54. The van der Waals surface area contributed by atoms with Gasteiger partial charge in [0.2, 0.25) is 23.6 Å². The molecule has 0 fully saturated rings.